The summed E-state index contributed by atoms with van der Waals surface area (Å²) >= 11 is 0. The first-order chi connectivity index (χ1) is 14.2. The van der Waals surface area contributed by atoms with Gasteiger partial charge in [0.15, 0.2) is 0 Å². The molecule has 1 aliphatic heterocycles. The molecular formula is C23H31N3O3. The molecule has 3 rings (SSSR count). The predicted molar refractivity (Wildman–Crippen MR) is 114 cm³/mol. The number of nitrogens with zero attached hydrogens (tertiary/aromatic N) is 1. The van der Waals surface area contributed by atoms with Gasteiger partial charge in [0, 0.05) is 39.3 Å². The normalized spacial score (nSPS) is 19.2. The maximum Gasteiger partial charge on any atom is 0.237 e. The predicted octanol–water partition coefficient (Wildman–Crippen LogP) is 2.19. The summed E-state index contributed by atoms with van der Waals surface area (Å²) in [6.45, 7) is 3.41. The van der Waals surface area contributed by atoms with Crippen LogP contribution < -0.4 is 15.4 Å². The first kappa shape index (κ1) is 21.3. The van der Waals surface area contributed by atoms with Crippen molar-refractivity contribution in [3.8, 4) is 5.75 Å². The Morgan fingerprint density at radius 2 is 1.90 bits per heavy atom. The van der Waals surface area contributed by atoms with Crippen LogP contribution in [0.5, 0.6) is 5.75 Å². The van der Waals surface area contributed by atoms with Gasteiger partial charge < -0.3 is 20.1 Å². The van der Waals surface area contributed by atoms with Crippen LogP contribution >= 0.6 is 0 Å². The molecule has 0 radical (unpaired) electrons. The Kier molecular flexibility index (Phi) is 8.04. The van der Waals surface area contributed by atoms with E-state index in [2.05, 4.69) is 33.7 Å². The summed E-state index contributed by atoms with van der Waals surface area (Å²) in [5, 5.41) is 6.62. The molecule has 1 amide bonds. The minimum Gasteiger partial charge on any atom is -0.497 e. The lowest BCUT2D eigenvalue weighted by atomic mass is 10.1. The fourth-order valence-electron chi connectivity index (χ4n) is 3.76. The Labute approximate surface area is 173 Å². The average molecular weight is 398 g/mol. The molecule has 1 heterocycles. The lowest BCUT2D eigenvalue weighted by molar-refractivity contribution is -0.125. The number of rotatable bonds is 10. The Balaban J connectivity index is 1.62. The number of methoxy groups -OCH3 is 2. The molecule has 1 saturated heterocycles. The summed E-state index contributed by atoms with van der Waals surface area (Å²) in [5.41, 5.74) is 2.39. The van der Waals surface area contributed by atoms with Crippen LogP contribution in [0.2, 0.25) is 0 Å². The van der Waals surface area contributed by atoms with Gasteiger partial charge in [-0.3, -0.25) is 9.69 Å². The monoisotopic (exact) mass is 397 g/mol. The van der Waals surface area contributed by atoms with Gasteiger partial charge in [-0.1, -0.05) is 42.5 Å². The molecule has 156 valence electrons. The van der Waals surface area contributed by atoms with Gasteiger partial charge in [-0.2, -0.15) is 0 Å². The van der Waals surface area contributed by atoms with Crippen LogP contribution in [-0.2, 0) is 22.6 Å². The van der Waals surface area contributed by atoms with E-state index in [9.17, 15) is 4.79 Å². The highest BCUT2D eigenvalue weighted by Gasteiger charge is 2.36. The highest BCUT2D eigenvalue weighted by atomic mass is 16.5. The fraction of sp³-hybridized carbons (Fsp3) is 0.435. The smallest absolute Gasteiger partial charge is 0.237 e. The zero-order valence-electron chi connectivity index (χ0n) is 17.3. The third-order valence-electron chi connectivity index (χ3n) is 5.27. The highest BCUT2D eigenvalue weighted by molar-refractivity contribution is 5.82. The van der Waals surface area contributed by atoms with Gasteiger partial charge in [0.05, 0.1) is 19.8 Å². The van der Waals surface area contributed by atoms with Crippen LogP contribution in [0.3, 0.4) is 0 Å². The van der Waals surface area contributed by atoms with E-state index in [4.69, 9.17) is 9.47 Å². The van der Waals surface area contributed by atoms with Gasteiger partial charge in [0.2, 0.25) is 5.91 Å². The van der Waals surface area contributed by atoms with Crippen LogP contribution in [0.1, 0.15) is 17.5 Å². The molecule has 1 aliphatic rings. The third-order valence-corrected chi connectivity index (χ3v) is 5.27. The zero-order chi connectivity index (χ0) is 20.5. The van der Waals surface area contributed by atoms with Gasteiger partial charge in [-0.05, 0) is 29.7 Å². The highest BCUT2D eigenvalue weighted by Crippen LogP contribution is 2.22. The van der Waals surface area contributed by atoms with Gasteiger partial charge in [0.1, 0.15) is 5.75 Å². The lowest BCUT2D eigenvalue weighted by Crippen LogP contribution is -2.43. The van der Waals surface area contributed by atoms with Crippen molar-refractivity contribution in [3.63, 3.8) is 0 Å². The van der Waals surface area contributed by atoms with Crippen molar-refractivity contribution in [2.75, 3.05) is 33.9 Å². The molecule has 0 aliphatic carbocycles. The van der Waals surface area contributed by atoms with E-state index in [1.807, 2.05) is 36.4 Å². The molecule has 6 heteroatoms. The SMILES string of the molecule is COCCNC(=O)[C@@H]1C[C@H](NCc2cccc(OC)c2)CN1Cc1ccccc1. The van der Waals surface area contributed by atoms with E-state index >= 15 is 0 Å². The Morgan fingerprint density at radius 1 is 1.10 bits per heavy atom. The standard InChI is InChI=1S/C23H31N3O3/c1-28-12-11-24-23(27)22-14-20(17-26(22)16-18-7-4-3-5-8-18)25-15-19-9-6-10-21(13-19)29-2/h3-10,13,20,22,25H,11-12,14-17H2,1-2H3,(H,24,27)/t20-,22-/m0/s1. The number of carbonyl (C=O) groups is 1. The van der Waals surface area contributed by atoms with E-state index in [0.717, 1.165) is 31.8 Å². The van der Waals surface area contributed by atoms with E-state index in [0.29, 0.717) is 13.2 Å². The first-order valence-electron chi connectivity index (χ1n) is 10.1. The van der Waals surface area contributed by atoms with Crippen LogP contribution in [0.4, 0.5) is 0 Å². The maximum absolute atomic E-state index is 12.8. The third kappa shape index (κ3) is 6.29. The number of hydrogen-bond acceptors (Lipinski definition) is 5. The van der Waals surface area contributed by atoms with Crippen molar-refractivity contribution in [1.82, 2.24) is 15.5 Å². The molecule has 0 saturated carbocycles. The molecule has 0 unspecified atom stereocenters. The van der Waals surface area contributed by atoms with Gasteiger partial charge in [-0.15, -0.1) is 0 Å². The minimum absolute atomic E-state index is 0.0728. The van der Waals surface area contributed by atoms with Crippen molar-refractivity contribution in [2.45, 2.75) is 31.6 Å². The second-order valence-corrected chi connectivity index (χ2v) is 7.38. The summed E-state index contributed by atoms with van der Waals surface area (Å²) in [6.07, 6.45) is 0.787. The minimum atomic E-state index is -0.144. The number of benzene rings is 2. The molecule has 29 heavy (non-hydrogen) atoms. The van der Waals surface area contributed by atoms with E-state index in [-0.39, 0.29) is 18.0 Å². The van der Waals surface area contributed by atoms with Crippen LogP contribution in [0, 0.1) is 0 Å². The number of nitrogens with one attached hydrogen (secondary N) is 2. The zero-order valence-corrected chi connectivity index (χ0v) is 17.3. The van der Waals surface area contributed by atoms with Gasteiger partial charge >= 0.3 is 0 Å². The maximum atomic E-state index is 12.8. The lowest BCUT2D eigenvalue weighted by Gasteiger charge is -2.23. The van der Waals surface area contributed by atoms with Crippen molar-refractivity contribution in [1.29, 1.82) is 0 Å². The molecule has 0 aromatic heterocycles. The Bertz CT molecular complexity index is 769. The summed E-state index contributed by atoms with van der Waals surface area (Å²) < 4.78 is 10.4. The van der Waals surface area contributed by atoms with Gasteiger partial charge in [-0.25, -0.2) is 0 Å². The molecule has 2 aromatic rings. The topological polar surface area (TPSA) is 62.8 Å². The van der Waals surface area contributed by atoms with Crippen LogP contribution in [0.15, 0.2) is 54.6 Å². The largest absolute Gasteiger partial charge is 0.497 e. The molecule has 1 fully saturated rings. The van der Waals surface area contributed by atoms with Crippen molar-refractivity contribution in [2.24, 2.45) is 0 Å². The quantitative estimate of drug-likeness (QED) is 0.602. The van der Waals surface area contributed by atoms with Crippen LogP contribution in [0.25, 0.3) is 0 Å². The second kappa shape index (κ2) is 11.0. The molecule has 6 nitrogen and oxygen atoms in total. The number of ether oxygens (including phenoxy) is 2. The van der Waals surface area contributed by atoms with E-state index in [1.165, 1.54) is 11.1 Å². The van der Waals surface area contributed by atoms with Crippen LogP contribution in [-0.4, -0.2) is 56.8 Å². The summed E-state index contributed by atoms with van der Waals surface area (Å²) in [4.78, 5) is 15.0. The van der Waals surface area contributed by atoms with Crippen molar-refractivity contribution >= 4 is 5.91 Å². The van der Waals surface area contributed by atoms with E-state index < -0.39 is 0 Å². The molecule has 2 aromatic carbocycles. The number of carbonyl (C=O) groups excluding carboxylic acids is 1. The number of amides is 1. The molecule has 2 N–H and O–H groups in total. The average Bonchev–Trinajstić information content (AvgIpc) is 3.16. The summed E-state index contributed by atoms with van der Waals surface area (Å²) in [7, 11) is 3.32. The number of likely N-dealkylation sites (tertiary alicyclic amines) is 1. The summed E-state index contributed by atoms with van der Waals surface area (Å²) in [6, 6.07) is 18.5. The van der Waals surface area contributed by atoms with Gasteiger partial charge in [0.25, 0.3) is 0 Å². The molecular weight excluding hydrogens is 366 g/mol. The molecule has 0 bridgehead atoms. The Hall–Kier alpha value is -2.41. The Morgan fingerprint density at radius 3 is 2.66 bits per heavy atom. The second-order valence-electron chi connectivity index (χ2n) is 7.38. The molecule has 0 spiro atoms. The molecule has 2 atom stereocenters. The summed E-state index contributed by atoms with van der Waals surface area (Å²) in [5.74, 6) is 0.931. The van der Waals surface area contributed by atoms with Crippen molar-refractivity contribution < 1.29 is 14.3 Å². The van der Waals surface area contributed by atoms with Crippen molar-refractivity contribution in [3.05, 3.63) is 65.7 Å². The first-order valence-corrected chi connectivity index (χ1v) is 10.1. The fourth-order valence-corrected chi connectivity index (χ4v) is 3.76. The van der Waals surface area contributed by atoms with E-state index in [1.54, 1.807) is 14.2 Å². The number of hydrogen-bond donors (Lipinski definition) is 2.